The summed E-state index contributed by atoms with van der Waals surface area (Å²) in [5, 5.41) is 1.93. The number of fused-ring (bicyclic) bond motifs is 3. The van der Waals surface area contributed by atoms with Gasteiger partial charge in [0.2, 0.25) is 0 Å². The lowest BCUT2D eigenvalue weighted by Crippen LogP contribution is -2.26. The first-order chi connectivity index (χ1) is 12.9. The maximum absolute atomic E-state index is 6.37. The fourth-order valence-corrected chi connectivity index (χ4v) is 6.10. The highest BCUT2D eigenvalue weighted by molar-refractivity contribution is 7.99. The van der Waals surface area contributed by atoms with Crippen molar-refractivity contribution < 1.29 is 0 Å². The molecule has 1 atom stereocenters. The predicted octanol–water partition coefficient (Wildman–Crippen LogP) is 5.76. The molecule has 142 valence electrons. The molecule has 0 spiro atoms. The third-order valence-corrected chi connectivity index (χ3v) is 7.60. The molecule has 1 aliphatic rings. The molecular weight excluding hydrogens is 370 g/mol. The van der Waals surface area contributed by atoms with E-state index in [1.165, 1.54) is 22.4 Å². The average molecular weight is 398 g/mol. The van der Waals surface area contributed by atoms with Gasteiger partial charge in [-0.1, -0.05) is 62.9 Å². The van der Waals surface area contributed by atoms with E-state index in [0.29, 0.717) is 11.2 Å². The van der Waals surface area contributed by atoms with Crippen molar-refractivity contribution in [3.63, 3.8) is 0 Å². The largest absolute Gasteiger partial charge is 0.383 e. The van der Waals surface area contributed by atoms with Crippen molar-refractivity contribution >= 4 is 39.1 Å². The van der Waals surface area contributed by atoms with Crippen molar-refractivity contribution in [2.24, 2.45) is 11.3 Å². The number of benzene rings is 1. The highest BCUT2D eigenvalue weighted by Gasteiger charge is 2.31. The molecule has 2 N–H and O–H groups in total. The van der Waals surface area contributed by atoms with Crippen molar-refractivity contribution in [1.82, 2.24) is 9.97 Å². The molecule has 4 rings (SSSR count). The van der Waals surface area contributed by atoms with Gasteiger partial charge in [-0.2, -0.15) is 0 Å². The summed E-state index contributed by atoms with van der Waals surface area (Å²) < 4.78 is 0. The van der Waals surface area contributed by atoms with Crippen LogP contribution in [0.1, 0.15) is 43.2 Å². The second-order valence-corrected chi connectivity index (χ2v) is 10.6. The Hall–Kier alpha value is -1.59. The maximum Gasteiger partial charge on any atom is 0.190 e. The normalized spacial score (nSPS) is 17.2. The fourth-order valence-electron chi connectivity index (χ4n) is 3.89. The molecule has 1 unspecified atom stereocenters. The Morgan fingerprint density at radius 1 is 1.19 bits per heavy atom. The van der Waals surface area contributed by atoms with Crippen LogP contribution in [0.2, 0.25) is 0 Å². The molecular formula is C22H27N3S2. The summed E-state index contributed by atoms with van der Waals surface area (Å²) in [5.74, 6) is 2.35. The first-order valence-corrected chi connectivity index (χ1v) is 11.5. The van der Waals surface area contributed by atoms with E-state index in [2.05, 4.69) is 56.1 Å². The number of thiophene rings is 1. The quantitative estimate of drug-likeness (QED) is 0.449. The molecule has 0 amide bonds. The van der Waals surface area contributed by atoms with E-state index in [1.807, 2.05) is 11.3 Å². The van der Waals surface area contributed by atoms with Crippen LogP contribution in [0.3, 0.4) is 0 Å². The molecule has 1 aliphatic carbocycles. The van der Waals surface area contributed by atoms with Crippen molar-refractivity contribution in [1.29, 1.82) is 0 Å². The number of nitrogens with zero attached hydrogens (tertiary/aromatic N) is 2. The van der Waals surface area contributed by atoms with Gasteiger partial charge in [0.05, 0.1) is 5.39 Å². The molecule has 0 aliphatic heterocycles. The third-order valence-electron chi connectivity index (χ3n) is 5.61. The number of aryl methyl sites for hydroxylation is 2. The molecule has 27 heavy (non-hydrogen) atoms. The van der Waals surface area contributed by atoms with Crippen LogP contribution in [0.15, 0.2) is 35.5 Å². The number of hydrogen-bond donors (Lipinski definition) is 1. The molecule has 3 aromatic rings. The number of nitrogen functional groups attached to an aromatic ring is 1. The van der Waals surface area contributed by atoms with Gasteiger partial charge < -0.3 is 5.73 Å². The van der Waals surface area contributed by atoms with Gasteiger partial charge in [0.15, 0.2) is 5.16 Å². The molecule has 0 bridgehead atoms. The van der Waals surface area contributed by atoms with Gasteiger partial charge in [-0.05, 0) is 48.1 Å². The SMILES string of the molecule is CC(C)(C)C1CCc2c(sc3nc(SCCc4ccccc4)nc(N)c23)C1. The molecule has 0 fully saturated rings. The van der Waals surface area contributed by atoms with E-state index in [1.54, 1.807) is 11.8 Å². The fraction of sp³-hybridized carbons (Fsp3) is 0.455. The second-order valence-electron chi connectivity index (χ2n) is 8.47. The molecule has 0 radical (unpaired) electrons. The third kappa shape index (κ3) is 3.99. The Labute approximate surface area is 169 Å². The van der Waals surface area contributed by atoms with Gasteiger partial charge in [0.1, 0.15) is 10.6 Å². The van der Waals surface area contributed by atoms with Crippen molar-refractivity contribution in [2.45, 2.75) is 51.6 Å². The molecule has 5 heteroatoms. The van der Waals surface area contributed by atoms with E-state index in [9.17, 15) is 0 Å². The van der Waals surface area contributed by atoms with E-state index in [4.69, 9.17) is 10.7 Å². The Kier molecular flexibility index (Phi) is 5.17. The minimum atomic E-state index is 0.351. The monoisotopic (exact) mass is 397 g/mol. The van der Waals surface area contributed by atoms with Gasteiger partial charge in [0.25, 0.3) is 0 Å². The molecule has 2 heterocycles. The zero-order valence-electron chi connectivity index (χ0n) is 16.3. The van der Waals surface area contributed by atoms with Crippen LogP contribution < -0.4 is 5.73 Å². The Morgan fingerprint density at radius 2 is 1.96 bits per heavy atom. The summed E-state index contributed by atoms with van der Waals surface area (Å²) in [4.78, 5) is 12.0. The number of thioether (sulfide) groups is 1. The number of hydrogen-bond acceptors (Lipinski definition) is 5. The lowest BCUT2D eigenvalue weighted by molar-refractivity contribution is 0.218. The first kappa shape index (κ1) is 18.8. The zero-order valence-corrected chi connectivity index (χ0v) is 17.9. The van der Waals surface area contributed by atoms with E-state index in [-0.39, 0.29) is 0 Å². The van der Waals surface area contributed by atoms with Gasteiger partial charge >= 0.3 is 0 Å². The highest BCUT2D eigenvalue weighted by atomic mass is 32.2. The molecule has 2 aromatic heterocycles. The second kappa shape index (κ2) is 7.44. The molecule has 3 nitrogen and oxygen atoms in total. The Bertz CT molecular complexity index is 942. The standard InChI is InChI=1S/C22H27N3S2/c1-22(2,3)15-9-10-16-17(13-15)27-20-18(16)19(23)24-21(25-20)26-12-11-14-7-5-4-6-8-14/h4-8,15H,9-13H2,1-3H3,(H2,23,24,25). The van der Waals surface area contributed by atoms with Crippen LogP contribution in [0.5, 0.6) is 0 Å². The van der Waals surface area contributed by atoms with Gasteiger partial charge in [-0.25, -0.2) is 9.97 Å². The number of rotatable bonds is 4. The number of anilines is 1. The smallest absolute Gasteiger partial charge is 0.190 e. The van der Waals surface area contributed by atoms with Crippen LogP contribution in [0, 0.1) is 11.3 Å². The predicted molar refractivity (Wildman–Crippen MR) is 118 cm³/mol. The maximum atomic E-state index is 6.37. The molecule has 1 aromatic carbocycles. The van der Waals surface area contributed by atoms with E-state index < -0.39 is 0 Å². The van der Waals surface area contributed by atoms with Crippen LogP contribution >= 0.6 is 23.1 Å². The summed E-state index contributed by atoms with van der Waals surface area (Å²) in [6.07, 6.45) is 4.50. The highest BCUT2D eigenvalue weighted by Crippen LogP contribution is 2.44. The van der Waals surface area contributed by atoms with Gasteiger partial charge in [-0.3, -0.25) is 0 Å². The number of aromatic nitrogens is 2. The van der Waals surface area contributed by atoms with Crippen molar-refractivity contribution in [2.75, 3.05) is 11.5 Å². The van der Waals surface area contributed by atoms with Crippen molar-refractivity contribution in [3.8, 4) is 0 Å². The van der Waals surface area contributed by atoms with Crippen LogP contribution in [0.25, 0.3) is 10.2 Å². The topological polar surface area (TPSA) is 51.8 Å². The average Bonchev–Trinajstić information content (AvgIpc) is 3.00. The minimum absolute atomic E-state index is 0.351. The summed E-state index contributed by atoms with van der Waals surface area (Å²) in [7, 11) is 0. The van der Waals surface area contributed by atoms with Crippen molar-refractivity contribution in [3.05, 3.63) is 46.3 Å². The lowest BCUT2D eigenvalue weighted by Gasteiger charge is -2.33. The van der Waals surface area contributed by atoms with E-state index in [0.717, 1.165) is 46.3 Å². The summed E-state index contributed by atoms with van der Waals surface area (Å²) >= 11 is 3.53. The van der Waals surface area contributed by atoms with Crippen LogP contribution in [0.4, 0.5) is 5.82 Å². The first-order valence-electron chi connectivity index (χ1n) is 9.66. The summed E-state index contributed by atoms with van der Waals surface area (Å²) in [6, 6.07) is 10.6. The zero-order chi connectivity index (χ0) is 19.0. The number of nitrogens with two attached hydrogens (primary N) is 1. The Morgan fingerprint density at radius 3 is 2.70 bits per heavy atom. The summed E-state index contributed by atoms with van der Waals surface area (Å²) in [5.41, 5.74) is 9.48. The minimum Gasteiger partial charge on any atom is -0.383 e. The summed E-state index contributed by atoms with van der Waals surface area (Å²) in [6.45, 7) is 7.06. The van der Waals surface area contributed by atoms with Gasteiger partial charge in [0, 0.05) is 10.6 Å². The Balaban J connectivity index is 1.54. The molecule has 0 saturated heterocycles. The molecule has 0 saturated carbocycles. The van der Waals surface area contributed by atoms with Crippen LogP contribution in [-0.4, -0.2) is 15.7 Å². The van der Waals surface area contributed by atoms with Gasteiger partial charge in [-0.15, -0.1) is 11.3 Å². The van der Waals surface area contributed by atoms with E-state index >= 15 is 0 Å². The lowest BCUT2D eigenvalue weighted by atomic mass is 9.72. The van der Waals surface area contributed by atoms with Crippen LogP contribution in [-0.2, 0) is 19.3 Å².